The van der Waals surface area contributed by atoms with Crippen molar-refractivity contribution in [3.8, 4) is 0 Å². The molecule has 2 atom stereocenters. The number of fused-ring (bicyclic) bond motifs is 1. The van der Waals surface area contributed by atoms with Crippen LogP contribution >= 0.6 is 0 Å². The number of hydrogen-bond acceptors (Lipinski definition) is 1. The third-order valence-electron chi connectivity index (χ3n) is 3.10. The summed E-state index contributed by atoms with van der Waals surface area (Å²) >= 11 is 0. The Morgan fingerprint density at radius 1 is 1.29 bits per heavy atom. The highest BCUT2D eigenvalue weighted by molar-refractivity contribution is 5.19. The molecule has 0 spiro atoms. The fourth-order valence-electron chi connectivity index (χ4n) is 1.94. The van der Waals surface area contributed by atoms with E-state index in [-0.39, 0.29) is 5.82 Å². The lowest BCUT2D eigenvalue weighted by atomic mass is 9.82. The van der Waals surface area contributed by atoms with Crippen molar-refractivity contribution >= 4 is 0 Å². The molecule has 0 radical (unpaired) electrons. The van der Waals surface area contributed by atoms with Crippen LogP contribution in [0, 0.1) is 11.8 Å². The fraction of sp³-hybridized carbons (Fsp3) is 0.700. The van der Waals surface area contributed by atoms with Crippen molar-refractivity contribution in [1.29, 1.82) is 0 Å². The van der Waals surface area contributed by atoms with E-state index in [1.54, 1.807) is 0 Å². The van der Waals surface area contributed by atoms with Crippen LogP contribution in [-0.2, 0) is 12.8 Å². The van der Waals surface area contributed by atoms with Crippen LogP contribution in [0.4, 0.5) is 8.78 Å². The zero-order valence-corrected chi connectivity index (χ0v) is 8.35. The quantitative estimate of drug-likeness (QED) is 0.741. The molecule has 14 heavy (non-hydrogen) atoms. The molecule has 0 aromatic carbocycles. The number of rotatable bonds is 1. The molecule has 1 aromatic heterocycles. The molecule has 78 valence electrons. The van der Waals surface area contributed by atoms with Crippen LogP contribution in [0.25, 0.3) is 0 Å². The van der Waals surface area contributed by atoms with Gasteiger partial charge in [0.25, 0.3) is 6.43 Å². The van der Waals surface area contributed by atoms with Crippen molar-refractivity contribution in [3.63, 3.8) is 0 Å². The molecule has 0 amide bonds. The Labute approximate surface area is 81.7 Å². The smallest absolute Gasteiger partial charge is 0.295 e. The number of alkyl halides is 2. The molecule has 1 aliphatic carbocycles. The molecule has 1 aromatic rings. The Morgan fingerprint density at radius 2 is 1.93 bits per heavy atom. The number of halogens is 2. The van der Waals surface area contributed by atoms with E-state index in [1.165, 1.54) is 0 Å². The summed E-state index contributed by atoms with van der Waals surface area (Å²) < 4.78 is 24.7. The summed E-state index contributed by atoms with van der Waals surface area (Å²) in [6.45, 7) is 4.29. The lowest BCUT2D eigenvalue weighted by Crippen LogP contribution is -2.20. The van der Waals surface area contributed by atoms with E-state index in [0.29, 0.717) is 11.8 Å². The predicted molar refractivity (Wildman–Crippen MR) is 49.3 cm³/mol. The number of imidazole rings is 1. The molecule has 2 nitrogen and oxygen atoms in total. The minimum atomic E-state index is -2.48. The van der Waals surface area contributed by atoms with Crippen LogP contribution in [0.5, 0.6) is 0 Å². The van der Waals surface area contributed by atoms with Gasteiger partial charge < -0.3 is 4.98 Å². The van der Waals surface area contributed by atoms with E-state index in [2.05, 4.69) is 23.8 Å². The van der Waals surface area contributed by atoms with Gasteiger partial charge in [-0.25, -0.2) is 13.8 Å². The Morgan fingerprint density at radius 3 is 2.57 bits per heavy atom. The minimum Gasteiger partial charge on any atom is -0.341 e. The lowest BCUT2D eigenvalue weighted by Gasteiger charge is -2.24. The molecule has 0 fully saturated rings. The first-order valence-electron chi connectivity index (χ1n) is 4.93. The van der Waals surface area contributed by atoms with Crippen molar-refractivity contribution in [2.75, 3.05) is 0 Å². The van der Waals surface area contributed by atoms with Crippen molar-refractivity contribution in [3.05, 3.63) is 17.2 Å². The van der Waals surface area contributed by atoms with Gasteiger partial charge in [-0.3, -0.25) is 0 Å². The molecule has 0 aliphatic heterocycles. The molecule has 1 aliphatic rings. The van der Waals surface area contributed by atoms with Gasteiger partial charge in [0.1, 0.15) is 0 Å². The Hall–Kier alpha value is -0.930. The average molecular weight is 200 g/mol. The second-order valence-electron chi connectivity index (χ2n) is 4.21. The Bertz CT molecular complexity index is 305. The zero-order valence-electron chi connectivity index (χ0n) is 8.35. The van der Waals surface area contributed by atoms with Crippen LogP contribution in [-0.4, -0.2) is 9.97 Å². The van der Waals surface area contributed by atoms with E-state index in [9.17, 15) is 8.78 Å². The lowest BCUT2D eigenvalue weighted by molar-refractivity contribution is 0.141. The second-order valence-corrected chi connectivity index (χ2v) is 4.21. The topological polar surface area (TPSA) is 28.7 Å². The number of nitrogens with one attached hydrogen (secondary N) is 1. The zero-order chi connectivity index (χ0) is 10.3. The first-order valence-corrected chi connectivity index (χ1v) is 4.93. The number of nitrogens with zero attached hydrogens (tertiary/aromatic N) is 1. The van der Waals surface area contributed by atoms with Gasteiger partial charge in [0, 0.05) is 5.69 Å². The largest absolute Gasteiger partial charge is 0.341 e. The first-order chi connectivity index (χ1) is 6.58. The van der Waals surface area contributed by atoms with Gasteiger partial charge in [-0.1, -0.05) is 13.8 Å². The van der Waals surface area contributed by atoms with Crippen molar-refractivity contribution in [2.45, 2.75) is 33.1 Å². The molecule has 0 saturated heterocycles. The van der Waals surface area contributed by atoms with Gasteiger partial charge in [-0.2, -0.15) is 0 Å². The number of H-pyrrole nitrogens is 1. The summed E-state index contributed by atoms with van der Waals surface area (Å²) in [5.74, 6) is 0.918. The predicted octanol–water partition coefficient (Wildman–Crippen LogP) is 2.72. The standard InChI is InChI=1S/C10H14F2N2/c1-5-3-7-8(4-6(5)2)14-10(13-7)9(11)12/h5-6,9H,3-4H2,1-2H3,(H,13,14). The minimum absolute atomic E-state index is 0.170. The van der Waals surface area contributed by atoms with Crippen LogP contribution < -0.4 is 0 Å². The van der Waals surface area contributed by atoms with Gasteiger partial charge in [0.15, 0.2) is 5.82 Å². The maximum atomic E-state index is 12.4. The third kappa shape index (κ3) is 1.53. The van der Waals surface area contributed by atoms with E-state index < -0.39 is 6.43 Å². The molecule has 0 bridgehead atoms. The van der Waals surface area contributed by atoms with Gasteiger partial charge in [-0.15, -0.1) is 0 Å². The van der Waals surface area contributed by atoms with Crippen molar-refractivity contribution < 1.29 is 8.78 Å². The van der Waals surface area contributed by atoms with Crippen LogP contribution in [0.3, 0.4) is 0 Å². The molecule has 0 saturated carbocycles. The molecule has 4 heteroatoms. The summed E-state index contributed by atoms with van der Waals surface area (Å²) in [5, 5.41) is 0. The first kappa shape index (κ1) is 9.62. The summed E-state index contributed by atoms with van der Waals surface area (Å²) in [4.78, 5) is 6.65. The second kappa shape index (κ2) is 3.33. The highest BCUT2D eigenvalue weighted by Crippen LogP contribution is 2.29. The number of aromatic amines is 1. The Kier molecular flexibility index (Phi) is 2.29. The van der Waals surface area contributed by atoms with Gasteiger partial charge in [0.05, 0.1) is 5.69 Å². The molecular weight excluding hydrogens is 186 g/mol. The number of hydrogen-bond donors (Lipinski definition) is 1. The SMILES string of the molecule is CC1Cc2nc(C(F)F)[nH]c2CC1C. The highest BCUT2D eigenvalue weighted by atomic mass is 19.3. The van der Waals surface area contributed by atoms with E-state index in [0.717, 1.165) is 24.2 Å². The highest BCUT2D eigenvalue weighted by Gasteiger charge is 2.26. The maximum Gasteiger partial charge on any atom is 0.295 e. The van der Waals surface area contributed by atoms with E-state index in [1.807, 2.05) is 0 Å². The fourth-order valence-corrected chi connectivity index (χ4v) is 1.94. The molecule has 1 heterocycles. The Balaban J connectivity index is 2.29. The van der Waals surface area contributed by atoms with Gasteiger partial charge in [-0.05, 0) is 24.7 Å². The monoisotopic (exact) mass is 200 g/mol. The molecule has 2 unspecified atom stereocenters. The third-order valence-corrected chi connectivity index (χ3v) is 3.10. The van der Waals surface area contributed by atoms with E-state index in [4.69, 9.17) is 0 Å². The van der Waals surface area contributed by atoms with Crippen LogP contribution in [0.2, 0.25) is 0 Å². The summed E-state index contributed by atoms with van der Waals surface area (Å²) in [5.41, 5.74) is 1.75. The van der Waals surface area contributed by atoms with Crippen LogP contribution in [0.15, 0.2) is 0 Å². The molecule has 1 N–H and O–H groups in total. The molecule has 2 rings (SSSR count). The maximum absolute atomic E-state index is 12.4. The summed E-state index contributed by atoms with van der Waals surface area (Å²) in [6.07, 6.45) is -0.818. The normalized spacial score (nSPS) is 26.6. The van der Waals surface area contributed by atoms with Crippen molar-refractivity contribution in [1.82, 2.24) is 9.97 Å². The van der Waals surface area contributed by atoms with Crippen molar-refractivity contribution in [2.24, 2.45) is 11.8 Å². The number of aromatic nitrogens is 2. The average Bonchev–Trinajstić information content (AvgIpc) is 2.48. The molecular formula is C10H14F2N2. The van der Waals surface area contributed by atoms with Gasteiger partial charge in [0.2, 0.25) is 0 Å². The van der Waals surface area contributed by atoms with Crippen LogP contribution in [0.1, 0.15) is 37.5 Å². The van der Waals surface area contributed by atoms with E-state index >= 15 is 0 Å². The summed E-state index contributed by atoms with van der Waals surface area (Å²) in [7, 11) is 0. The summed E-state index contributed by atoms with van der Waals surface area (Å²) in [6, 6.07) is 0. The van der Waals surface area contributed by atoms with Gasteiger partial charge >= 0.3 is 0 Å².